The SMILES string of the molecule is Cc1ccc(S(=O)(=O)N2[C@@H]3CC[C@@H](C3)[C@H]2C(=O)N(Cc2ccc3ocnc3c2)C2CCC(C)(C)CC2)cc1. The van der Waals surface area contributed by atoms with Gasteiger partial charge in [-0.3, -0.25) is 4.79 Å². The molecule has 3 aromatic rings. The van der Waals surface area contributed by atoms with Crippen LogP contribution in [0.2, 0.25) is 0 Å². The van der Waals surface area contributed by atoms with E-state index in [1.54, 1.807) is 16.4 Å². The number of piperidine rings is 1. The van der Waals surface area contributed by atoms with E-state index in [1.165, 1.54) is 6.39 Å². The maximum absolute atomic E-state index is 14.5. The van der Waals surface area contributed by atoms with E-state index in [0.29, 0.717) is 6.54 Å². The lowest BCUT2D eigenvalue weighted by Gasteiger charge is -2.43. The first-order chi connectivity index (χ1) is 18.1. The topological polar surface area (TPSA) is 83.7 Å². The summed E-state index contributed by atoms with van der Waals surface area (Å²) in [5.41, 5.74) is 3.74. The number of oxazole rings is 1. The monoisotopic (exact) mass is 535 g/mol. The number of hydrogen-bond donors (Lipinski definition) is 0. The lowest BCUT2D eigenvalue weighted by Crippen LogP contribution is -2.56. The molecule has 1 amide bonds. The Morgan fingerprint density at radius 2 is 1.82 bits per heavy atom. The molecule has 6 rings (SSSR count). The van der Waals surface area contributed by atoms with Crippen LogP contribution in [0.1, 0.15) is 69.9 Å². The molecule has 0 spiro atoms. The molecule has 3 atom stereocenters. The van der Waals surface area contributed by atoms with Crippen molar-refractivity contribution in [1.29, 1.82) is 0 Å². The Balaban J connectivity index is 1.35. The Labute approximate surface area is 225 Å². The van der Waals surface area contributed by atoms with Gasteiger partial charge in [-0.05, 0) is 93.0 Å². The van der Waals surface area contributed by atoms with Crippen molar-refractivity contribution >= 4 is 27.0 Å². The van der Waals surface area contributed by atoms with Gasteiger partial charge in [0.05, 0.1) is 4.90 Å². The Kier molecular flexibility index (Phi) is 6.38. The summed E-state index contributed by atoms with van der Waals surface area (Å²) in [5.74, 6) is 0.0196. The van der Waals surface area contributed by atoms with Crippen LogP contribution in [0.3, 0.4) is 0 Å². The molecule has 3 fully saturated rings. The van der Waals surface area contributed by atoms with E-state index < -0.39 is 16.1 Å². The fourth-order valence-electron chi connectivity index (χ4n) is 6.88. The van der Waals surface area contributed by atoms with E-state index in [1.807, 2.05) is 42.2 Å². The minimum Gasteiger partial charge on any atom is -0.443 e. The zero-order valence-corrected chi connectivity index (χ0v) is 23.3. The first-order valence-corrected chi connectivity index (χ1v) is 15.3. The molecule has 202 valence electrons. The maximum Gasteiger partial charge on any atom is 0.244 e. The van der Waals surface area contributed by atoms with Crippen molar-refractivity contribution in [3.8, 4) is 0 Å². The van der Waals surface area contributed by atoms with E-state index in [-0.39, 0.29) is 34.2 Å². The van der Waals surface area contributed by atoms with E-state index in [4.69, 9.17) is 4.42 Å². The summed E-state index contributed by atoms with van der Waals surface area (Å²) in [6.45, 7) is 6.97. The number of hydrogen-bond acceptors (Lipinski definition) is 5. The van der Waals surface area contributed by atoms with Crippen LogP contribution >= 0.6 is 0 Å². The molecular formula is C30H37N3O4S. The van der Waals surface area contributed by atoms with Gasteiger partial charge in [-0.25, -0.2) is 13.4 Å². The average molecular weight is 536 g/mol. The smallest absolute Gasteiger partial charge is 0.244 e. The first-order valence-electron chi connectivity index (χ1n) is 13.9. The number of carbonyl (C=O) groups is 1. The van der Waals surface area contributed by atoms with Gasteiger partial charge < -0.3 is 9.32 Å². The van der Waals surface area contributed by atoms with Crippen molar-refractivity contribution in [2.45, 2.75) is 95.3 Å². The van der Waals surface area contributed by atoms with E-state index in [9.17, 15) is 13.2 Å². The van der Waals surface area contributed by atoms with Crippen LogP contribution in [0, 0.1) is 18.3 Å². The predicted octanol–water partition coefficient (Wildman–Crippen LogP) is 5.68. The van der Waals surface area contributed by atoms with Gasteiger partial charge in [-0.2, -0.15) is 4.31 Å². The molecule has 7 nitrogen and oxygen atoms in total. The fourth-order valence-corrected chi connectivity index (χ4v) is 8.75. The molecule has 1 aliphatic heterocycles. The summed E-state index contributed by atoms with van der Waals surface area (Å²) in [5, 5.41) is 0. The molecule has 2 aliphatic carbocycles. The third kappa shape index (κ3) is 4.56. The Morgan fingerprint density at radius 1 is 1.08 bits per heavy atom. The molecule has 8 heteroatoms. The molecule has 38 heavy (non-hydrogen) atoms. The zero-order chi connectivity index (χ0) is 26.7. The highest BCUT2D eigenvalue weighted by atomic mass is 32.2. The van der Waals surface area contributed by atoms with Crippen molar-refractivity contribution in [2.75, 3.05) is 0 Å². The quantitative estimate of drug-likeness (QED) is 0.406. The van der Waals surface area contributed by atoms with Crippen molar-refractivity contribution in [1.82, 2.24) is 14.2 Å². The number of aromatic nitrogens is 1. The molecule has 2 bridgehead atoms. The molecule has 1 saturated heterocycles. The van der Waals surface area contributed by atoms with Gasteiger partial charge in [0, 0.05) is 18.6 Å². The van der Waals surface area contributed by atoms with E-state index in [2.05, 4.69) is 18.8 Å². The second-order valence-corrected chi connectivity index (χ2v) is 14.2. The van der Waals surface area contributed by atoms with Gasteiger partial charge in [0.15, 0.2) is 12.0 Å². The number of rotatable bonds is 6. The molecule has 2 aromatic carbocycles. The van der Waals surface area contributed by atoms with Gasteiger partial charge in [-0.1, -0.05) is 37.6 Å². The maximum atomic E-state index is 14.5. The number of amides is 1. The Hall–Kier alpha value is -2.71. The van der Waals surface area contributed by atoms with Gasteiger partial charge in [-0.15, -0.1) is 0 Å². The van der Waals surface area contributed by atoms with E-state index >= 15 is 0 Å². The van der Waals surface area contributed by atoms with Crippen molar-refractivity contribution in [3.05, 3.63) is 60.0 Å². The highest BCUT2D eigenvalue weighted by Crippen LogP contribution is 2.47. The number of benzene rings is 2. The molecule has 0 N–H and O–H groups in total. The summed E-state index contributed by atoms with van der Waals surface area (Å²) in [6.07, 6.45) is 7.86. The lowest BCUT2D eigenvalue weighted by atomic mass is 9.75. The van der Waals surface area contributed by atoms with Crippen LogP contribution in [0.15, 0.2) is 58.2 Å². The fraction of sp³-hybridized carbons (Fsp3) is 0.533. The Bertz CT molecular complexity index is 1440. The van der Waals surface area contributed by atoms with Crippen LogP contribution in [0.25, 0.3) is 11.1 Å². The highest BCUT2D eigenvalue weighted by Gasteiger charge is 2.55. The lowest BCUT2D eigenvalue weighted by molar-refractivity contribution is -0.141. The summed E-state index contributed by atoms with van der Waals surface area (Å²) in [6, 6.07) is 12.2. The predicted molar refractivity (Wildman–Crippen MR) is 146 cm³/mol. The molecule has 0 radical (unpaired) electrons. The van der Waals surface area contributed by atoms with Crippen LogP contribution in [-0.4, -0.2) is 46.6 Å². The highest BCUT2D eigenvalue weighted by molar-refractivity contribution is 7.89. The van der Waals surface area contributed by atoms with Crippen LogP contribution in [0.4, 0.5) is 0 Å². The van der Waals surface area contributed by atoms with E-state index in [0.717, 1.165) is 67.2 Å². The molecule has 1 aromatic heterocycles. The van der Waals surface area contributed by atoms with Gasteiger partial charge >= 0.3 is 0 Å². The average Bonchev–Trinajstić information content (AvgIpc) is 3.63. The van der Waals surface area contributed by atoms with Crippen LogP contribution < -0.4 is 0 Å². The van der Waals surface area contributed by atoms with Gasteiger partial charge in [0.25, 0.3) is 0 Å². The second-order valence-electron chi connectivity index (χ2n) is 12.3. The largest absolute Gasteiger partial charge is 0.443 e. The van der Waals surface area contributed by atoms with Crippen LogP contribution in [-0.2, 0) is 21.4 Å². The summed E-state index contributed by atoms with van der Waals surface area (Å²) in [4.78, 5) is 21.1. The molecule has 2 saturated carbocycles. The number of aryl methyl sites for hydroxylation is 1. The summed E-state index contributed by atoms with van der Waals surface area (Å²) >= 11 is 0. The first kappa shape index (κ1) is 25.6. The van der Waals surface area contributed by atoms with Crippen LogP contribution in [0.5, 0.6) is 0 Å². The molecule has 0 unspecified atom stereocenters. The summed E-state index contributed by atoms with van der Waals surface area (Å²) < 4.78 is 34.9. The Morgan fingerprint density at radius 3 is 2.55 bits per heavy atom. The zero-order valence-electron chi connectivity index (χ0n) is 22.5. The number of sulfonamides is 1. The minimum atomic E-state index is -3.79. The third-order valence-corrected chi connectivity index (χ3v) is 11.1. The minimum absolute atomic E-state index is 0.0437. The number of carbonyl (C=O) groups excluding carboxylic acids is 1. The van der Waals surface area contributed by atoms with Crippen molar-refractivity contribution in [2.24, 2.45) is 11.3 Å². The molecular weight excluding hydrogens is 498 g/mol. The van der Waals surface area contributed by atoms with Gasteiger partial charge in [0.2, 0.25) is 15.9 Å². The van der Waals surface area contributed by atoms with Crippen molar-refractivity contribution in [3.63, 3.8) is 0 Å². The number of fused-ring (bicyclic) bond motifs is 3. The summed E-state index contributed by atoms with van der Waals surface area (Å²) in [7, 11) is -3.79. The standard InChI is InChI=1S/C30H37N3O4S/c1-20-4-9-25(10-5-20)38(35,36)33-24-8-7-22(17-24)28(33)29(34)32(23-12-14-30(2,3)15-13-23)18-21-6-11-27-26(16-21)31-19-37-27/h4-6,9-11,16,19,22-24,28H,7-8,12-15,17-18H2,1-3H3/t22-,24+,28-/m0/s1. The third-order valence-electron chi connectivity index (χ3n) is 9.16. The molecule has 3 aliphatic rings. The normalized spacial score (nSPS) is 25.7. The number of nitrogens with zero attached hydrogens (tertiary/aromatic N) is 3. The molecule has 2 heterocycles. The second kappa shape index (κ2) is 9.49. The van der Waals surface area contributed by atoms with Gasteiger partial charge in [0.1, 0.15) is 11.6 Å². The van der Waals surface area contributed by atoms with Crippen molar-refractivity contribution < 1.29 is 17.6 Å².